The van der Waals surface area contributed by atoms with Gasteiger partial charge in [0.2, 0.25) is 5.91 Å². The molecule has 0 saturated carbocycles. The first kappa shape index (κ1) is 17.3. The molecule has 1 aliphatic carbocycles. The first-order valence-electron chi connectivity index (χ1n) is 9.19. The van der Waals surface area contributed by atoms with Crippen molar-refractivity contribution in [2.24, 2.45) is 0 Å². The van der Waals surface area contributed by atoms with Gasteiger partial charge in [-0.05, 0) is 48.6 Å². The minimum atomic E-state index is 0.0730. The fraction of sp³-hybridized carbons (Fsp3) is 0.381. The number of thioether (sulfide) groups is 1. The van der Waals surface area contributed by atoms with Gasteiger partial charge in [0.1, 0.15) is 0 Å². The lowest BCUT2D eigenvalue weighted by atomic mass is 9.88. The lowest BCUT2D eigenvalue weighted by Crippen LogP contribution is -2.32. The van der Waals surface area contributed by atoms with Gasteiger partial charge in [0.15, 0.2) is 11.5 Å². The molecule has 136 valence electrons. The Kier molecular flexibility index (Phi) is 5.34. The third-order valence-corrected chi connectivity index (χ3v) is 5.79. The van der Waals surface area contributed by atoms with E-state index in [-0.39, 0.29) is 11.9 Å². The topological polar surface area (TPSA) is 47.6 Å². The maximum Gasteiger partial charge on any atom is 0.230 e. The average Bonchev–Trinajstić information content (AvgIpc) is 2.91. The summed E-state index contributed by atoms with van der Waals surface area (Å²) in [5.74, 6) is 2.03. The average molecular weight is 369 g/mol. The molecule has 4 rings (SSSR count). The minimum Gasteiger partial charge on any atom is -0.490 e. The zero-order chi connectivity index (χ0) is 17.8. The molecule has 0 fully saturated rings. The first-order chi connectivity index (χ1) is 12.8. The van der Waals surface area contributed by atoms with Crippen LogP contribution in [0.3, 0.4) is 0 Å². The molecule has 5 heteroatoms. The number of nitrogens with one attached hydrogen (secondary N) is 1. The molecule has 26 heavy (non-hydrogen) atoms. The first-order valence-corrected chi connectivity index (χ1v) is 10.2. The monoisotopic (exact) mass is 369 g/mol. The summed E-state index contributed by atoms with van der Waals surface area (Å²) in [6, 6.07) is 14.4. The van der Waals surface area contributed by atoms with Gasteiger partial charge in [-0.15, -0.1) is 11.8 Å². The fourth-order valence-corrected chi connectivity index (χ4v) is 4.26. The zero-order valence-electron chi connectivity index (χ0n) is 14.7. The van der Waals surface area contributed by atoms with Gasteiger partial charge < -0.3 is 14.8 Å². The maximum absolute atomic E-state index is 12.5. The van der Waals surface area contributed by atoms with Crippen LogP contribution in [0.5, 0.6) is 11.5 Å². The van der Waals surface area contributed by atoms with E-state index < -0.39 is 0 Å². The summed E-state index contributed by atoms with van der Waals surface area (Å²) >= 11 is 1.53. The standard InChI is InChI=1S/C21H23NO3S/c23-21(22-18-8-3-6-15-5-1-2-7-17(15)18)14-26-16-9-10-19-20(13-16)25-12-4-11-24-19/h1-2,5,7,9-10,13,18H,3-4,6,8,11-12,14H2,(H,22,23)/t18-/m0/s1. The van der Waals surface area contributed by atoms with Crippen LogP contribution in [0.2, 0.25) is 0 Å². The molecule has 1 N–H and O–H groups in total. The van der Waals surface area contributed by atoms with Crippen LogP contribution in [0.1, 0.15) is 36.4 Å². The van der Waals surface area contributed by atoms with Crippen molar-refractivity contribution in [3.05, 3.63) is 53.6 Å². The summed E-state index contributed by atoms with van der Waals surface area (Å²) in [5, 5.41) is 3.20. The largest absolute Gasteiger partial charge is 0.490 e. The normalized spacial score (nSPS) is 18.5. The summed E-state index contributed by atoms with van der Waals surface area (Å²) < 4.78 is 11.4. The van der Waals surface area contributed by atoms with Crippen LogP contribution in [0.25, 0.3) is 0 Å². The number of hydrogen-bond donors (Lipinski definition) is 1. The molecule has 0 spiro atoms. The van der Waals surface area contributed by atoms with E-state index >= 15 is 0 Å². The van der Waals surface area contributed by atoms with Crippen LogP contribution in [0, 0.1) is 0 Å². The number of fused-ring (bicyclic) bond motifs is 2. The van der Waals surface area contributed by atoms with E-state index in [0.29, 0.717) is 19.0 Å². The smallest absolute Gasteiger partial charge is 0.230 e. The molecule has 0 radical (unpaired) electrons. The molecular formula is C21H23NO3S. The van der Waals surface area contributed by atoms with Crippen LogP contribution < -0.4 is 14.8 Å². The van der Waals surface area contributed by atoms with Gasteiger partial charge >= 0.3 is 0 Å². The number of carbonyl (C=O) groups is 1. The molecule has 2 aromatic carbocycles. The molecule has 1 atom stereocenters. The Morgan fingerprint density at radius 1 is 1.08 bits per heavy atom. The third-order valence-electron chi connectivity index (χ3n) is 4.79. The number of amides is 1. The minimum absolute atomic E-state index is 0.0730. The predicted molar refractivity (Wildman–Crippen MR) is 103 cm³/mol. The third kappa shape index (κ3) is 3.98. The van der Waals surface area contributed by atoms with E-state index in [1.165, 1.54) is 22.9 Å². The summed E-state index contributed by atoms with van der Waals surface area (Å²) in [6.07, 6.45) is 4.13. The summed E-state index contributed by atoms with van der Waals surface area (Å²) in [4.78, 5) is 13.5. The van der Waals surface area contributed by atoms with Crippen LogP contribution in [0.15, 0.2) is 47.4 Å². The molecule has 2 aromatic rings. The lowest BCUT2D eigenvalue weighted by Gasteiger charge is -2.26. The van der Waals surface area contributed by atoms with Crippen molar-refractivity contribution in [3.8, 4) is 11.5 Å². The van der Waals surface area contributed by atoms with Crippen molar-refractivity contribution in [2.45, 2.75) is 36.6 Å². The predicted octanol–water partition coefficient (Wildman–Crippen LogP) is 4.13. The number of rotatable bonds is 4. The van der Waals surface area contributed by atoms with Crippen LogP contribution in [0.4, 0.5) is 0 Å². The Hall–Kier alpha value is -2.14. The summed E-state index contributed by atoms with van der Waals surface area (Å²) in [6.45, 7) is 1.35. The molecule has 0 saturated heterocycles. The van der Waals surface area contributed by atoms with Crippen molar-refractivity contribution >= 4 is 17.7 Å². The molecular weight excluding hydrogens is 346 g/mol. The quantitative estimate of drug-likeness (QED) is 0.823. The molecule has 1 aliphatic heterocycles. The highest BCUT2D eigenvalue weighted by atomic mass is 32.2. The second kappa shape index (κ2) is 8.04. The van der Waals surface area contributed by atoms with Gasteiger partial charge in [0.05, 0.1) is 25.0 Å². The number of ether oxygens (including phenoxy) is 2. The van der Waals surface area contributed by atoms with Crippen molar-refractivity contribution < 1.29 is 14.3 Å². The Balaban J connectivity index is 1.36. The van der Waals surface area contributed by atoms with Crippen molar-refractivity contribution in [1.29, 1.82) is 0 Å². The van der Waals surface area contributed by atoms with E-state index in [9.17, 15) is 4.79 Å². The van der Waals surface area contributed by atoms with Crippen molar-refractivity contribution in [2.75, 3.05) is 19.0 Å². The Labute approximate surface area is 158 Å². The van der Waals surface area contributed by atoms with Crippen molar-refractivity contribution in [3.63, 3.8) is 0 Å². The van der Waals surface area contributed by atoms with Gasteiger partial charge in [-0.25, -0.2) is 0 Å². The Bertz CT molecular complexity index is 793. The van der Waals surface area contributed by atoms with Crippen LogP contribution >= 0.6 is 11.8 Å². The molecule has 1 amide bonds. The molecule has 0 aromatic heterocycles. The van der Waals surface area contributed by atoms with Crippen LogP contribution in [-0.2, 0) is 11.2 Å². The van der Waals surface area contributed by atoms with E-state index in [4.69, 9.17) is 9.47 Å². The number of aryl methyl sites for hydroxylation is 1. The number of benzene rings is 2. The fourth-order valence-electron chi connectivity index (χ4n) is 3.52. The molecule has 0 unspecified atom stereocenters. The number of carbonyl (C=O) groups excluding carboxylic acids is 1. The van der Waals surface area contributed by atoms with Crippen molar-refractivity contribution in [1.82, 2.24) is 5.32 Å². The van der Waals surface area contributed by atoms with Gasteiger partial charge in [-0.1, -0.05) is 24.3 Å². The summed E-state index contributed by atoms with van der Waals surface area (Å²) in [5.41, 5.74) is 2.63. The van der Waals surface area contributed by atoms with Gasteiger partial charge in [0, 0.05) is 11.3 Å². The zero-order valence-corrected chi connectivity index (χ0v) is 15.5. The Morgan fingerprint density at radius 3 is 2.85 bits per heavy atom. The Morgan fingerprint density at radius 2 is 1.92 bits per heavy atom. The van der Waals surface area contributed by atoms with E-state index in [1.807, 2.05) is 18.2 Å². The van der Waals surface area contributed by atoms with Gasteiger partial charge in [-0.2, -0.15) is 0 Å². The van der Waals surface area contributed by atoms with E-state index in [1.54, 1.807) is 0 Å². The molecule has 0 bridgehead atoms. The summed E-state index contributed by atoms with van der Waals surface area (Å²) in [7, 11) is 0. The highest BCUT2D eigenvalue weighted by Gasteiger charge is 2.21. The second-order valence-corrected chi connectivity index (χ2v) is 7.71. The number of hydrogen-bond acceptors (Lipinski definition) is 4. The van der Waals surface area contributed by atoms with Gasteiger partial charge in [0.25, 0.3) is 0 Å². The van der Waals surface area contributed by atoms with E-state index in [2.05, 4.69) is 29.6 Å². The maximum atomic E-state index is 12.5. The van der Waals surface area contributed by atoms with Crippen LogP contribution in [-0.4, -0.2) is 24.9 Å². The SMILES string of the molecule is O=C(CSc1ccc2c(c1)OCCCO2)N[C@H]1CCCc2ccccc21. The molecule has 4 nitrogen and oxygen atoms in total. The highest BCUT2D eigenvalue weighted by Crippen LogP contribution is 2.34. The lowest BCUT2D eigenvalue weighted by molar-refractivity contribution is -0.119. The van der Waals surface area contributed by atoms with E-state index in [0.717, 1.165) is 42.1 Å². The van der Waals surface area contributed by atoms with Gasteiger partial charge in [-0.3, -0.25) is 4.79 Å². The highest BCUT2D eigenvalue weighted by molar-refractivity contribution is 8.00. The second-order valence-electron chi connectivity index (χ2n) is 6.66. The molecule has 2 aliphatic rings. The molecule has 1 heterocycles.